The van der Waals surface area contributed by atoms with Gasteiger partial charge in [-0.1, -0.05) is 48.5 Å². The fourth-order valence-electron chi connectivity index (χ4n) is 3.59. The van der Waals surface area contributed by atoms with Gasteiger partial charge in [-0.15, -0.1) is 5.11 Å². The van der Waals surface area contributed by atoms with Crippen LogP contribution in [0.2, 0.25) is 0 Å². The molecule has 0 fully saturated rings. The van der Waals surface area contributed by atoms with Gasteiger partial charge in [-0.25, -0.2) is 9.98 Å². The monoisotopic (exact) mass is 396 g/mol. The van der Waals surface area contributed by atoms with Crippen molar-refractivity contribution in [1.29, 1.82) is 0 Å². The average molecular weight is 396 g/mol. The van der Waals surface area contributed by atoms with Gasteiger partial charge in [-0.3, -0.25) is 4.57 Å². The molecule has 3 heterocycles. The zero-order valence-electron chi connectivity index (χ0n) is 16.6. The van der Waals surface area contributed by atoms with Crippen LogP contribution in [0.15, 0.2) is 82.1 Å². The van der Waals surface area contributed by atoms with Gasteiger partial charge < -0.3 is 4.74 Å². The Labute approximate surface area is 173 Å². The summed E-state index contributed by atoms with van der Waals surface area (Å²) >= 11 is 0. The van der Waals surface area contributed by atoms with Gasteiger partial charge >= 0.3 is 0 Å². The fourth-order valence-corrected chi connectivity index (χ4v) is 3.59. The van der Waals surface area contributed by atoms with Crippen LogP contribution in [0, 0.1) is 0 Å². The summed E-state index contributed by atoms with van der Waals surface area (Å²) in [6.07, 6.45) is 1.78. The van der Waals surface area contributed by atoms with Crippen molar-refractivity contribution >= 4 is 17.0 Å². The lowest BCUT2D eigenvalue weighted by molar-refractivity contribution is 0.301. The second-order valence-electron chi connectivity index (χ2n) is 6.87. The van der Waals surface area contributed by atoms with Gasteiger partial charge in [0.15, 0.2) is 18.2 Å². The molecule has 0 saturated carbocycles. The number of nitrogens with zero attached hydrogens (tertiary/aromatic N) is 6. The molecule has 0 N–H and O–H groups in total. The van der Waals surface area contributed by atoms with Crippen molar-refractivity contribution < 1.29 is 4.74 Å². The second kappa shape index (κ2) is 7.87. The molecule has 0 saturated heterocycles. The van der Waals surface area contributed by atoms with E-state index in [9.17, 15) is 0 Å². The molecule has 7 heteroatoms. The minimum Gasteiger partial charge on any atom is -0.465 e. The number of benzene rings is 2. The fraction of sp³-hybridized carbons (Fsp3) is 0.174. The molecule has 0 spiro atoms. The SMILES string of the molecule is CCOc1nc2cccnc2n1Cc1ccc(-c2ccccc2C2=NCN=N2)cc1. The predicted octanol–water partition coefficient (Wildman–Crippen LogP) is 4.72. The van der Waals surface area contributed by atoms with Gasteiger partial charge in [0.1, 0.15) is 5.52 Å². The Bertz CT molecular complexity index is 1260. The lowest BCUT2D eigenvalue weighted by Crippen LogP contribution is -2.05. The zero-order chi connectivity index (χ0) is 20.3. The quantitative estimate of drug-likeness (QED) is 0.473. The van der Waals surface area contributed by atoms with E-state index in [2.05, 4.69) is 55.5 Å². The highest BCUT2D eigenvalue weighted by Crippen LogP contribution is 2.27. The Morgan fingerprint density at radius 1 is 0.967 bits per heavy atom. The first-order chi connectivity index (χ1) is 14.8. The third kappa shape index (κ3) is 3.34. The van der Waals surface area contributed by atoms with Crippen LogP contribution in [0.3, 0.4) is 0 Å². The Balaban J connectivity index is 1.47. The van der Waals surface area contributed by atoms with E-state index >= 15 is 0 Å². The van der Waals surface area contributed by atoms with Gasteiger partial charge in [0, 0.05) is 11.8 Å². The first kappa shape index (κ1) is 18.2. The number of ether oxygens (including phenoxy) is 1. The summed E-state index contributed by atoms with van der Waals surface area (Å²) in [7, 11) is 0. The number of hydrogen-bond donors (Lipinski definition) is 0. The van der Waals surface area contributed by atoms with Crippen molar-refractivity contribution in [3.63, 3.8) is 0 Å². The number of hydrogen-bond acceptors (Lipinski definition) is 6. The van der Waals surface area contributed by atoms with Crippen LogP contribution < -0.4 is 4.74 Å². The van der Waals surface area contributed by atoms with Gasteiger partial charge in [0.05, 0.1) is 13.2 Å². The molecule has 7 nitrogen and oxygen atoms in total. The molecule has 0 aliphatic carbocycles. The van der Waals surface area contributed by atoms with Crippen molar-refractivity contribution in [2.24, 2.45) is 15.2 Å². The molecule has 2 aromatic heterocycles. The molecular formula is C23H20N6O. The number of azo groups is 1. The second-order valence-corrected chi connectivity index (χ2v) is 6.87. The number of pyridine rings is 1. The van der Waals surface area contributed by atoms with Crippen molar-refractivity contribution in [3.8, 4) is 17.1 Å². The number of aliphatic imine (C=N–C) groups is 1. The van der Waals surface area contributed by atoms with Crippen molar-refractivity contribution in [1.82, 2.24) is 14.5 Å². The third-order valence-electron chi connectivity index (χ3n) is 4.96. The van der Waals surface area contributed by atoms with Crippen LogP contribution in [-0.4, -0.2) is 33.6 Å². The van der Waals surface area contributed by atoms with E-state index in [1.165, 1.54) is 0 Å². The molecule has 30 heavy (non-hydrogen) atoms. The van der Waals surface area contributed by atoms with E-state index in [4.69, 9.17) is 4.74 Å². The standard InChI is InChI=1S/C23H20N6O/c1-2-30-23-27-20-8-5-13-24-22(20)29(23)14-16-9-11-17(12-10-16)18-6-3-4-7-19(18)21-25-15-26-28-21/h3-13H,2,14-15H2,1H3. The van der Waals surface area contributed by atoms with Crippen LogP contribution in [0.1, 0.15) is 18.1 Å². The minimum atomic E-state index is 0.400. The smallest absolute Gasteiger partial charge is 0.298 e. The van der Waals surface area contributed by atoms with E-state index in [0.29, 0.717) is 31.7 Å². The first-order valence-corrected chi connectivity index (χ1v) is 9.88. The number of fused-ring (bicyclic) bond motifs is 1. The van der Waals surface area contributed by atoms with E-state index in [1.807, 2.05) is 41.8 Å². The number of imidazole rings is 1. The highest BCUT2D eigenvalue weighted by molar-refractivity contribution is 6.05. The van der Waals surface area contributed by atoms with Crippen molar-refractivity contribution in [3.05, 3.63) is 78.0 Å². The third-order valence-corrected chi connectivity index (χ3v) is 4.96. The molecule has 1 aliphatic rings. The first-order valence-electron chi connectivity index (χ1n) is 9.88. The maximum absolute atomic E-state index is 5.74. The van der Waals surface area contributed by atoms with E-state index < -0.39 is 0 Å². The summed E-state index contributed by atoms with van der Waals surface area (Å²) in [5, 5.41) is 8.13. The Kier molecular flexibility index (Phi) is 4.77. The van der Waals surface area contributed by atoms with Crippen LogP contribution >= 0.6 is 0 Å². The maximum atomic E-state index is 5.74. The average Bonchev–Trinajstić information content (AvgIpc) is 3.44. The summed E-state index contributed by atoms with van der Waals surface area (Å²) in [4.78, 5) is 13.4. The zero-order valence-corrected chi connectivity index (χ0v) is 16.6. The lowest BCUT2D eigenvalue weighted by atomic mass is 9.98. The molecule has 0 atom stereocenters. The lowest BCUT2D eigenvalue weighted by Gasteiger charge is -2.11. The summed E-state index contributed by atoms with van der Waals surface area (Å²) < 4.78 is 7.75. The number of rotatable bonds is 6. The largest absolute Gasteiger partial charge is 0.465 e. The number of amidine groups is 1. The molecule has 148 valence electrons. The van der Waals surface area contributed by atoms with Crippen LogP contribution in [0.4, 0.5) is 0 Å². The van der Waals surface area contributed by atoms with E-state index in [-0.39, 0.29) is 0 Å². The van der Waals surface area contributed by atoms with Crippen LogP contribution in [-0.2, 0) is 6.54 Å². The van der Waals surface area contributed by atoms with Crippen molar-refractivity contribution in [2.75, 3.05) is 13.3 Å². The maximum Gasteiger partial charge on any atom is 0.298 e. The van der Waals surface area contributed by atoms with Crippen molar-refractivity contribution in [2.45, 2.75) is 13.5 Å². The molecule has 0 bridgehead atoms. The summed E-state index contributed by atoms with van der Waals surface area (Å²) in [5.41, 5.74) is 5.99. The number of aromatic nitrogens is 3. The predicted molar refractivity (Wildman–Crippen MR) is 116 cm³/mol. The Hall–Kier alpha value is -3.87. The minimum absolute atomic E-state index is 0.400. The van der Waals surface area contributed by atoms with E-state index in [1.54, 1.807) is 6.20 Å². The van der Waals surface area contributed by atoms with Gasteiger partial charge in [0.25, 0.3) is 6.01 Å². The summed E-state index contributed by atoms with van der Waals surface area (Å²) in [5.74, 6) is 0.687. The molecule has 4 aromatic rings. The Morgan fingerprint density at radius 3 is 2.57 bits per heavy atom. The normalized spacial score (nSPS) is 13.0. The molecule has 2 aromatic carbocycles. The van der Waals surface area contributed by atoms with Gasteiger partial charge in [-0.05, 0) is 35.7 Å². The van der Waals surface area contributed by atoms with Gasteiger partial charge in [0.2, 0.25) is 0 Å². The summed E-state index contributed by atoms with van der Waals surface area (Å²) in [6, 6.07) is 21.0. The van der Waals surface area contributed by atoms with E-state index in [0.717, 1.165) is 33.4 Å². The molecular weight excluding hydrogens is 376 g/mol. The van der Waals surface area contributed by atoms with Gasteiger partial charge in [-0.2, -0.15) is 10.1 Å². The van der Waals surface area contributed by atoms with Crippen LogP contribution in [0.5, 0.6) is 6.01 Å². The molecule has 0 radical (unpaired) electrons. The molecule has 0 amide bonds. The molecule has 1 aliphatic heterocycles. The highest BCUT2D eigenvalue weighted by atomic mass is 16.5. The highest BCUT2D eigenvalue weighted by Gasteiger charge is 2.15. The topological polar surface area (TPSA) is 77.0 Å². The molecule has 5 rings (SSSR count). The summed E-state index contributed by atoms with van der Waals surface area (Å²) in [6.45, 7) is 3.54. The van der Waals surface area contributed by atoms with Crippen LogP contribution in [0.25, 0.3) is 22.3 Å². The Morgan fingerprint density at radius 2 is 1.80 bits per heavy atom. The molecule has 0 unspecified atom stereocenters.